The molecule has 1 fully saturated rings. The first-order valence-corrected chi connectivity index (χ1v) is 8.65. The Morgan fingerprint density at radius 1 is 1.40 bits per heavy atom. The van der Waals surface area contributed by atoms with E-state index in [4.69, 9.17) is 9.47 Å². The molecule has 6 heteroatoms. The number of ether oxygens (including phenoxy) is 2. The van der Waals surface area contributed by atoms with E-state index in [1.807, 2.05) is 53.2 Å². The predicted octanol–water partition coefficient (Wildman–Crippen LogP) is 2.41. The summed E-state index contributed by atoms with van der Waals surface area (Å²) in [4.78, 5) is 14.4. The maximum absolute atomic E-state index is 12.5. The third-order valence-electron chi connectivity index (χ3n) is 4.49. The van der Waals surface area contributed by atoms with E-state index in [0.29, 0.717) is 6.61 Å². The Bertz CT molecular complexity index is 713. The van der Waals surface area contributed by atoms with Gasteiger partial charge < -0.3 is 14.4 Å². The third-order valence-corrected chi connectivity index (χ3v) is 4.49. The Labute approximate surface area is 148 Å². The van der Waals surface area contributed by atoms with Crippen LogP contribution in [-0.2, 0) is 22.7 Å². The van der Waals surface area contributed by atoms with Crippen LogP contribution in [0.2, 0.25) is 0 Å². The molecule has 2 aromatic rings. The summed E-state index contributed by atoms with van der Waals surface area (Å²) in [6, 6.07) is 7.89. The lowest BCUT2D eigenvalue weighted by Crippen LogP contribution is -2.40. The van der Waals surface area contributed by atoms with Crippen molar-refractivity contribution >= 4 is 5.91 Å². The minimum atomic E-state index is 0.0503. The fraction of sp³-hybridized carbons (Fsp3) is 0.474. The second-order valence-corrected chi connectivity index (χ2v) is 6.47. The van der Waals surface area contributed by atoms with Crippen LogP contribution in [0.15, 0.2) is 36.7 Å². The molecule has 0 spiro atoms. The molecule has 3 rings (SSSR count). The molecule has 0 aliphatic carbocycles. The predicted molar refractivity (Wildman–Crippen MR) is 94.3 cm³/mol. The Hall–Kier alpha value is -2.34. The Morgan fingerprint density at radius 3 is 3.04 bits per heavy atom. The number of likely N-dealkylation sites (tertiary alicyclic amines) is 1. The van der Waals surface area contributed by atoms with Gasteiger partial charge in [-0.1, -0.05) is 12.1 Å². The number of aromatic nitrogens is 2. The number of rotatable bonds is 7. The SMILES string of the molecule is COc1cccc(COCC(=O)N2CCC[C@H]2Cn2cc(C)cn2)c1. The van der Waals surface area contributed by atoms with Gasteiger partial charge in [-0.3, -0.25) is 9.48 Å². The Kier molecular flexibility index (Phi) is 5.71. The lowest BCUT2D eigenvalue weighted by Gasteiger charge is -2.24. The first-order chi connectivity index (χ1) is 12.2. The van der Waals surface area contributed by atoms with Gasteiger partial charge in [-0.2, -0.15) is 5.10 Å². The van der Waals surface area contributed by atoms with Crippen molar-refractivity contribution in [2.24, 2.45) is 0 Å². The molecule has 0 radical (unpaired) electrons. The summed E-state index contributed by atoms with van der Waals surface area (Å²) in [6.07, 6.45) is 5.91. The zero-order chi connectivity index (χ0) is 17.6. The normalized spacial score (nSPS) is 17.0. The number of carbonyl (C=O) groups is 1. The van der Waals surface area contributed by atoms with Crippen molar-refractivity contribution in [3.8, 4) is 5.75 Å². The summed E-state index contributed by atoms with van der Waals surface area (Å²) >= 11 is 0. The fourth-order valence-electron chi connectivity index (χ4n) is 3.24. The van der Waals surface area contributed by atoms with E-state index in [2.05, 4.69) is 5.10 Å². The summed E-state index contributed by atoms with van der Waals surface area (Å²) in [5, 5.41) is 4.33. The van der Waals surface area contributed by atoms with Gasteiger partial charge in [0, 0.05) is 12.7 Å². The number of carbonyl (C=O) groups excluding carboxylic acids is 1. The largest absolute Gasteiger partial charge is 0.497 e. The molecule has 1 aromatic heterocycles. The maximum atomic E-state index is 12.5. The van der Waals surface area contributed by atoms with Crippen LogP contribution in [0.25, 0.3) is 0 Å². The van der Waals surface area contributed by atoms with E-state index in [1.165, 1.54) is 0 Å². The monoisotopic (exact) mass is 343 g/mol. The number of aryl methyl sites for hydroxylation is 1. The quantitative estimate of drug-likeness (QED) is 0.775. The molecule has 1 amide bonds. The number of hydrogen-bond donors (Lipinski definition) is 0. The smallest absolute Gasteiger partial charge is 0.248 e. The average Bonchev–Trinajstić information content (AvgIpc) is 3.24. The Morgan fingerprint density at radius 2 is 2.28 bits per heavy atom. The van der Waals surface area contributed by atoms with Gasteiger partial charge in [-0.25, -0.2) is 0 Å². The molecular weight excluding hydrogens is 318 g/mol. The van der Waals surface area contributed by atoms with Gasteiger partial charge in [-0.05, 0) is 43.0 Å². The molecule has 0 N–H and O–H groups in total. The first kappa shape index (κ1) is 17.5. The van der Waals surface area contributed by atoms with Crippen molar-refractivity contribution < 1.29 is 14.3 Å². The number of amides is 1. The number of benzene rings is 1. The van der Waals surface area contributed by atoms with Crippen molar-refractivity contribution in [3.63, 3.8) is 0 Å². The summed E-state index contributed by atoms with van der Waals surface area (Å²) in [7, 11) is 1.64. The van der Waals surface area contributed by atoms with E-state index in [1.54, 1.807) is 7.11 Å². The van der Waals surface area contributed by atoms with Gasteiger partial charge in [-0.15, -0.1) is 0 Å². The molecule has 1 aliphatic heterocycles. The average molecular weight is 343 g/mol. The van der Waals surface area contributed by atoms with E-state index < -0.39 is 0 Å². The van der Waals surface area contributed by atoms with E-state index in [9.17, 15) is 4.79 Å². The molecule has 25 heavy (non-hydrogen) atoms. The summed E-state index contributed by atoms with van der Waals surface area (Å²) in [5.74, 6) is 0.843. The van der Waals surface area contributed by atoms with Crippen LogP contribution < -0.4 is 4.74 Å². The molecule has 0 bridgehead atoms. The van der Waals surface area contributed by atoms with Crippen LogP contribution in [0.5, 0.6) is 5.75 Å². The fourth-order valence-corrected chi connectivity index (χ4v) is 3.24. The molecule has 1 aromatic carbocycles. The molecule has 134 valence electrons. The number of hydrogen-bond acceptors (Lipinski definition) is 4. The topological polar surface area (TPSA) is 56.6 Å². The number of methoxy groups -OCH3 is 1. The van der Waals surface area contributed by atoms with Crippen molar-refractivity contribution in [2.75, 3.05) is 20.3 Å². The van der Waals surface area contributed by atoms with Gasteiger partial charge >= 0.3 is 0 Å². The van der Waals surface area contributed by atoms with Gasteiger partial charge in [0.25, 0.3) is 0 Å². The molecule has 6 nitrogen and oxygen atoms in total. The van der Waals surface area contributed by atoms with E-state index >= 15 is 0 Å². The van der Waals surface area contributed by atoms with E-state index in [-0.39, 0.29) is 18.6 Å². The van der Waals surface area contributed by atoms with Crippen molar-refractivity contribution in [2.45, 2.75) is 39.0 Å². The zero-order valence-corrected chi connectivity index (χ0v) is 14.9. The second-order valence-electron chi connectivity index (χ2n) is 6.47. The highest BCUT2D eigenvalue weighted by molar-refractivity contribution is 5.78. The summed E-state index contributed by atoms with van der Waals surface area (Å²) in [5.41, 5.74) is 2.13. The van der Waals surface area contributed by atoms with Gasteiger partial charge in [0.2, 0.25) is 5.91 Å². The minimum Gasteiger partial charge on any atom is -0.497 e. The second kappa shape index (κ2) is 8.16. The van der Waals surface area contributed by atoms with Gasteiger partial charge in [0.15, 0.2) is 0 Å². The molecule has 1 saturated heterocycles. The van der Waals surface area contributed by atoms with Crippen molar-refractivity contribution in [3.05, 3.63) is 47.8 Å². The maximum Gasteiger partial charge on any atom is 0.248 e. The van der Waals surface area contributed by atoms with Crippen LogP contribution in [0, 0.1) is 6.92 Å². The minimum absolute atomic E-state index is 0.0503. The van der Waals surface area contributed by atoms with Crippen molar-refractivity contribution in [1.29, 1.82) is 0 Å². The van der Waals surface area contributed by atoms with Crippen LogP contribution >= 0.6 is 0 Å². The highest BCUT2D eigenvalue weighted by Crippen LogP contribution is 2.19. The first-order valence-electron chi connectivity index (χ1n) is 8.65. The summed E-state index contributed by atoms with van der Waals surface area (Å²) < 4.78 is 12.7. The zero-order valence-electron chi connectivity index (χ0n) is 14.9. The van der Waals surface area contributed by atoms with Crippen LogP contribution in [0.1, 0.15) is 24.0 Å². The molecule has 1 aliphatic rings. The summed E-state index contributed by atoms with van der Waals surface area (Å²) in [6.45, 7) is 4.07. The lowest BCUT2D eigenvalue weighted by molar-refractivity contribution is -0.137. The molecule has 0 saturated carbocycles. The van der Waals surface area contributed by atoms with Crippen LogP contribution in [-0.4, -0.2) is 46.9 Å². The molecule has 1 atom stereocenters. The standard InChI is InChI=1S/C19H25N3O3/c1-15-10-20-21(11-15)12-17-6-4-8-22(17)19(23)14-25-13-16-5-3-7-18(9-16)24-2/h3,5,7,9-11,17H,4,6,8,12-14H2,1-2H3/t17-/m0/s1. The highest BCUT2D eigenvalue weighted by Gasteiger charge is 2.29. The number of nitrogens with zero attached hydrogens (tertiary/aromatic N) is 3. The third kappa shape index (κ3) is 4.60. The van der Waals surface area contributed by atoms with Gasteiger partial charge in [0.05, 0.1) is 32.5 Å². The Balaban J connectivity index is 1.49. The molecule has 2 heterocycles. The van der Waals surface area contributed by atoms with Gasteiger partial charge in [0.1, 0.15) is 12.4 Å². The van der Waals surface area contributed by atoms with Crippen LogP contribution in [0.4, 0.5) is 0 Å². The highest BCUT2D eigenvalue weighted by atomic mass is 16.5. The lowest BCUT2D eigenvalue weighted by atomic mass is 10.2. The molecule has 0 unspecified atom stereocenters. The van der Waals surface area contributed by atoms with Crippen LogP contribution in [0.3, 0.4) is 0 Å². The van der Waals surface area contributed by atoms with Crippen molar-refractivity contribution in [1.82, 2.24) is 14.7 Å². The molecular formula is C19H25N3O3. The van der Waals surface area contributed by atoms with E-state index in [0.717, 1.165) is 42.8 Å².